The molecule has 0 aliphatic rings. The van der Waals surface area contributed by atoms with E-state index in [0.717, 1.165) is 15.6 Å². The Balaban J connectivity index is 2.42. The number of ketones is 1. The number of nitrogens with zero attached hydrogens (tertiary/aromatic N) is 1. The summed E-state index contributed by atoms with van der Waals surface area (Å²) in [5.41, 5.74) is 2.27. The van der Waals surface area contributed by atoms with Gasteiger partial charge in [0.1, 0.15) is 5.92 Å². The van der Waals surface area contributed by atoms with Gasteiger partial charge in [-0.3, -0.25) is 4.79 Å². The van der Waals surface area contributed by atoms with Crippen molar-refractivity contribution in [2.45, 2.75) is 12.8 Å². The standard InChI is InChI=1S/C16H12BrNO/c1-11-5-2-3-8-14(11)15(10-18)16(19)12-6-4-7-13(17)9-12/h2-9,15H,1H3. The molecule has 0 saturated carbocycles. The Morgan fingerprint density at radius 3 is 2.58 bits per heavy atom. The van der Waals surface area contributed by atoms with Gasteiger partial charge in [0, 0.05) is 10.0 Å². The summed E-state index contributed by atoms with van der Waals surface area (Å²) in [6.45, 7) is 1.91. The summed E-state index contributed by atoms with van der Waals surface area (Å²) in [5, 5.41) is 9.32. The lowest BCUT2D eigenvalue weighted by Crippen LogP contribution is -2.12. The van der Waals surface area contributed by atoms with Gasteiger partial charge in [0.05, 0.1) is 6.07 Å². The van der Waals surface area contributed by atoms with Crippen LogP contribution in [-0.4, -0.2) is 5.78 Å². The van der Waals surface area contributed by atoms with E-state index in [0.29, 0.717) is 5.56 Å². The van der Waals surface area contributed by atoms with Crippen LogP contribution in [-0.2, 0) is 0 Å². The molecule has 1 unspecified atom stereocenters. The van der Waals surface area contributed by atoms with Crippen LogP contribution in [0.25, 0.3) is 0 Å². The quantitative estimate of drug-likeness (QED) is 0.795. The van der Waals surface area contributed by atoms with Gasteiger partial charge in [0.15, 0.2) is 5.78 Å². The zero-order chi connectivity index (χ0) is 13.8. The Morgan fingerprint density at radius 2 is 1.95 bits per heavy atom. The smallest absolute Gasteiger partial charge is 0.184 e. The van der Waals surface area contributed by atoms with E-state index in [4.69, 9.17) is 0 Å². The van der Waals surface area contributed by atoms with E-state index in [1.807, 2.05) is 37.3 Å². The molecule has 0 amide bonds. The number of hydrogen-bond donors (Lipinski definition) is 0. The molecule has 19 heavy (non-hydrogen) atoms. The predicted molar refractivity (Wildman–Crippen MR) is 78.0 cm³/mol. The van der Waals surface area contributed by atoms with Crippen LogP contribution in [0, 0.1) is 18.3 Å². The van der Waals surface area contributed by atoms with E-state index in [9.17, 15) is 10.1 Å². The molecule has 0 fully saturated rings. The first kappa shape index (κ1) is 13.5. The largest absolute Gasteiger partial charge is 0.292 e. The lowest BCUT2D eigenvalue weighted by atomic mass is 9.89. The minimum Gasteiger partial charge on any atom is -0.292 e. The van der Waals surface area contributed by atoms with Crippen molar-refractivity contribution in [3.05, 3.63) is 69.7 Å². The van der Waals surface area contributed by atoms with Crippen LogP contribution in [0.2, 0.25) is 0 Å². The summed E-state index contributed by atoms with van der Waals surface area (Å²) < 4.78 is 0.833. The molecule has 0 aliphatic carbocycles. The Kier molecular flexibility index (Phi) is 4.13. The highest BCUT2D eigenvalue weighted by Crippen LogP contribution is 2.24. The fourth-order valence-electron chi connectivity index (χ4n) is 1.99. The monoisotopic (exact) mass is 313 g/mol. The summed E-state index contributed by atoms with van der Waals surface area (Å²) in [4.78, 5) is 12.4. The van der Waals surface area contributed by atoms with Crippen molar-refractivity contribution in [2.24, 2.45) is 0 Å². The van der Waals surface area contributed by atoms with Crippen LogP contribution in [0.3, 0.4) is 0 Å². The maximum atomic E-state index is 12.4. The molecule has 2 rings (SSSR count). The first-order valence-corrected chi connectivity index (χ1v) is 6.67. The molecule has 0 saturated heterocycles. The van der Waals surface area contributed by atoms with E-state index in [2.05, 4.69) is 22.0 Å². The van der Waals surface area contributed by atoms with Crippen LogP contribution in [0.5, 0.6) is 0 Å². The predicted octanol–water partition coefficient (Wildman–Crippen LogP) is 4.25. The van der Waals surface area contributed by atoms with Gasteiger partial charge in [-0.05, 0) is 30.2 Å². The Bertz CT molecular complexity index is 658. The van der Waals surface area contributed by atoms with Crippen LogP contribution < -0.4 is 0 Å². The summed E-state index contributed by atoms with van der Waals surface area (Å²) in [7, 11) is 0. The summed E-state index contributed by atoms with van der Waals surface area (Å²) >= 11 is 3.34. The molecule has 2 nitrogen and oxygen atoms in total. The van der Waals surface area contributed by atoms with E-state index in [1.54, 1.807) is 18.2 Å². The number of carbonyl (C=O) groups is 1. The highest BCUT2D eigenvalue weighted by Gasteiger charge is 2.23. The van der Waals surface area contributed by atoms with Crippen LogP contribution in [0.1, 0.15) is 27.4 Å². The molecular formula is C16H12BrNO. The second-order valence-corrected chi connectivity index (χ2v) is 5.21. The van der Waals surface area contributed by atoms with Gasteiger partial charge in [0.2, 0.25) is 0 Å². The minimum atomic E-state index is -0.754. The van der Waals surface area contributed by atoms with Gasteiger partial charge < -0.3 is 0 Å². The number of hydrogen-bond acceptors (Lipinski definition) is 2. The second kappa shape index (κ2) is 5.81. The Labute approximate surface area is 120 Å². The van der Waals surface area contributed by atoms with E-state index < -0.39 is 5.92 Å². The fraction of sp³-hybridized carbons (Fsp3) is 0.125. The van der Waals surface area contributed by atoms with E-state index >= 15 is 0 Å². The van der Waals surface area contributed by atoms with Crippen LogP contribution in [0.4, 0.5) is 0 Å². The minimum absolute atomic E-state index is 0.168. The lowest BCUT2D eigenvalue weighted by molar-refractivity contribution is 0.0978. The molecule has 0 heterocycles. The molecule has 94 valence electrons. The third-order valence-corrected chi connectivity index (χ3v) is 3.49. The van der Waals surface area contributed by atoms with Gasteiger partial charge in [0.25, 0.3) is 0 Å². The van der Waals surface area contributed by atoms with Crippen molar-refractivity contribution in [1.82, 2.24) is 0 Å². The summed E-state index contributed by atoms with van der Waals surface area (Å²) in [6, 6.07) is 16.7. The van der Waals surface area contributed by atoms with E-state index in [1.165, 1.54) is 0 Å². The third-order valence-electron chi connectivity index (χ3n) is 3.00. The van der Waals surface area contributed by atoms with Gasteiger partial charge >= 0.3 is 0 Å². The fourth-order valence-corrected chi connectivity index (χ4v) is 2.39. The molecule has 1 atom stereocenters. The van der Waals surface area contributed by atoms with Crippen molar-refractivity contribution < 1.29 is 4.79 Å². The Morgan fingerprint density at radius 1 is 1.21 bits per heavy atom. The first-order valence-electron chi connectivity index (χ1n) is 5.88. The highest BCUT2D eigenvalue weighted by atomic mass is 79.9. The highest BCUT2D eigenvalue weighted by molar-refractivity contribution is 9.10. The van der Waals surface area contributed by atoms with Gasteiger partial charge in [-0.15, -0.1) is 0 Å². The maximum Gasteiger partial charge on any atom is 0.184 e. The average Bonchev–Trinajstić information content (AvgIpc) is 2.41. The van der Waals surface area contributed by atoms with Gasteiger partial charge in [-0.1, -0.05) is 52.3 Å². The number of Topliss-reactive ketones (excluding diaryl/α,β-unsaturated/α-hetero) is 1. The molecule has 3 heteroatoms. The molecule has 2 aromatic rings. The Hall–Kier alpha value is -1.92. The first-order chi connectivity index (χ1) is 9.13. The maximum absolute atomic E-state index is 12.4. The number of benzene rings is 2. The zero-order valence-electron chi connectivity index (χ0n) is 10.4. The molecular weight excluding hydrogens is 302 g/mol. The van der Waals surface area contributed by atoms with Crippen molar-refractivity contribution in [3.8, 4) is 6.07 Å². The number of carbonyl (C=O) groups excluding carboxylic acids is 1. The lowest BCUT2D eigenvalue weighted by Gasteiger charge is -2.11. The van der Waals surface area contributed by atoms with Crippen LogP contribution >= 0.6 is 15.9 Å². The molecule has 0 aliphatic heterocycles. The SMILES string of the molecule is Cc1ccccc1C(C#N)C(=O)c1cccc(Br)c1. The molecule has 0 aromatic heterocycles. The molecule has 0 N–H and O–H groups in total. The summed E-state index contributed by atoms with van der Waals surface area (Å²) in [6.07, 6.45) is 0. The third kappa shape index (κ3) is 2.91. The number of halogens is 1. The summed E-state index contributed by atoms with van der Waals surface area (Å²) in [5.74, 6) is -0.923. The van der Waals surface area contributed by atoms with Crippen molar-refractivity contribution >= 4 is 21.7 Å². The van der Waals surface area contributed by atoms with Crippen molar-refractivity contribution in [3.63, 3.8) is 0 Å². The number of nitriles is 1. The number of rotatable bonds is 3. The van der Waals surface area contributed by atoms with Crippen molar-refractivity contribution in [2.75, 3.05) is 0 Å². The van der Waals surface area contributed by atoms with Gasteiger partial charge in [-0.25, -0.2) is 0 Å². The average molecular weight is 314 g/mol. The number of aryl methyl sites for hydroxylation is 1. The second-order valence-electron chi connectivity index (χ2n) is 4.29. The van der Waals surface area contributed by atoms with Crippen LogP contribution in [0.15, 0.2) is 53.0 Å². The zero-order valence-corrected chi connectivity index (χ0v) is 12.0. The molecule has 0 spiro atoms. The topological polar surface area (TPSA) is 40.9 Å². The molecule has 0 bridgehead atoms. The van der Waals surface area contributed by atoms with E-state index in [-0.39, 0.29) is 5.78 Å². The van der Waals surface area contributed by atoms with Crippen molar-refractivity contribution in [1.29, 1.82) is 5.26 Å². The molecule has 0 radical (unpaired) electrons. The molecule has 2 aromatic carbocycles. The normalized spacial score (nSPS) is 11.6. The van der Waals surface area contributed by atoms with Gasteiger partial charge in [-0.2, -0.15) is 5.26 Å².